The van der Waals surface area contributed by atoms with Gasteiger partial charge in [-0.2, -0.15) is 8.42 Å². The lowest BCUT2D eigenvalue weighted by molar-refractivity contribution is -0.132. The molecule has 0 spiro atoms. The van der Waals surface area contributed by atoms with Gasteiger partial charge in [-0.25, -0.2) is 0 Å². The van der Waals surface area contributed by atoms with Gasteiger partial charge in [0, 0.05) is 12.4 Å². The Balaban J connectivity index is 0.000000285. The first kappa shape index (κ1) is 26.5. The van der Waals surface area contributed by atoms with Crippen LogP contribution in [0.3, 0.4) is 0 Å². The number of rotatable bonds is 6. The van der Waals surface area contributed by atoms with Crippen molar-refractivity contribution >= 4 is 21.9 Å². The maximum Gasteiger partial charge on any atom is 0.297 e. The summed E-state index contributed by atoms with van der Waals surface area (Å²) in [5.41, 5.74) is 0.768. The quantitative estimate of drug-likeness (QED) is 0.428. The Bertz CT molecular complexity index is 784. The third-order valence-electron chi connectivity index (χ3n) is 5.38. The Morgan fingerprint density at radius 3 is 2.16 bits per heavy atom. The summed E-state index contributed by atoms with van der Waals surface area (Å²) in [6.07, 6.45) is -4.23. The van der Waals surface area contributed by atoms with Crippen molar-refractivity contribution in [3.8, 4) is 0 Å². The molecule has 3 rings (SSSR count). The second kappa shape index (κ2) is 11.4. The summed E-state index contributed by atoms with van der Waals surface area (Å²) in [4.78, 5) is 0.195. The number of ether oxygens (including phenoxy) is 2. The van der Waals surface area contributed by atoms with Gasteiger partial charge in [0.1, 0.15) is 29.9 Å². The minimum atomic E-state index is -3.76. The summed E-state index contributed by atoms with van der Waals surface area (Å²) >= 11 is 1.65. The maximum absolute atomic E-state index is 12.4. The van der Waals surface area contributed by atoms with Gasteiger partial charge >= 0.3 is 0 Å². The molecule has 0 aliphatic carbocycles. The van der Waals surface area contributed by atoms with Crippen molar-refractivity contribution < 1.29 is 42.5 Å². The Kier molecular flexibility index (Phi) is 9.74. The smallest absolute Gasteiger partial charge is 0.297 e. The Morgan fingerprint density at radius 2 is 1.74 bits per heavy atom. The van der Waals surface area contributed by atoms with Crippen molar-refractivity contribution in [1.29, 1.82) is 0 Å². The molecular formula is C20H32O9S2. The SMILES string of the molecule is CC[C@H]1SC(OC)[C@H](OS(=O)(=O)c2ccc(C)cc2)[C@H]1C.OC[C@H]1OC(O)[C@H](O)[C@H]1O. The number of hydrogen-bond acceptors (Lipinski definition) is 10. The lowest BCUT2D eigenvalue weighted by Gasteiger charge is -2.21. The van der Waals surface area contributed by atoms with Crippen LogP contribution >= 0.6 is 11.8 Å². The van der Waals surface area contributed by atoms with Gasteiger partial charge in [0.15, 0.2) is 6.29 Å². The molecule has 31 heavy (non-hydrogen) atoms. The van der Waals surface area contributed by atoms with Crippen LogP contribution in [0.2, 0.25) is 0 Å². The number of aryl methyl sites for hydroxylation is 1. The molecule has 1 aromatic carbocycles. The van der Waals surface area contributed by atoms with Crippen LogP contribution < -0.4 is 0 Å². The number of thioether (sulfide) groups is 1. The first-order chi connectivity index (χ1) is 14.5. The summed E-state index contributed by atoms with van der Waals surface area (Å²) < 4.78 is 40.3. The van der Waals surface area contributed by atoms with Crippen molar-refractivity contribution in [2.75, 3.05) is 13.7 Å². The minimum absolute atomic E-state index is 0.130. The molecule has 2 heterocycles. The van der Waals surface area contributed by atoms with Crippen molar-refractivity contribution in [2.24, 2.45) is 5.92 Å². The zero-order valence-corrected chi connectivity index (χ0v) is 19.6. The maximum atomic E-state index is 12.4. The van der Waals surface area contributed by atoms with Crippen LogP contribution in [0.4, 0.5) is 0 Å². The Morgan fingerprint density at radius 1 is 1.13 bits per heavy atom. The molecule has 9 nitrogen and oxygen atoms in total. The van der Waals surface area contributed by atoms with Crippen LogP contribution in [0.25, 0.3) is 0 Å². The van der Waals surface area contributed by atoms with Gasteiger partial charge in [0.2, 0.25) is 0 Å². The van der Waals surface area contributed by atoms with Gasteiger partial charge in [-0.1, -0.05) is 31.5 Å². The fourth-order valence-electron chi connectivity index (χ4n) is 3.41. The van der Waals surface area contributed by atoms with Crippen molar-refractivity contribution in [1.82, 2.24) is 0 Å². The highest BCUT2D eigenvalue weighted by Gasteiger charge is 2.44. The zero-order valence-electron chi connectivity index (χ0n) is 18.0. The molecule has 2 aliphatic heterocycles. The van der Waals surface area contributed by atoms with Crippen LogP contribution in [0.15, 0.2) is 29.2 Å². The van der Waals surface area contributed by atoms with Crippen LogP contribution in [0.1, 0.15) is 25.8 Å². The average Bonchev–Trinajstić information content (AvgIpc) is 3.18. The van der Waals surface area contributed by atoms with Gasteiger partial charge in [-0.3, -0.25) is 4.18 Å². The van der Waals surface area contributed by atoms with Crippen molar-refractivity contribution in [3.63, 3.8) is 0 Å². The van der Waals surface area contributed by atoms with E-state index in [-0.39, 0.29) is 16.2 Å². The van der Waals surface area contributed by atoms with E-state index < -0.39 is 47.4 Å². The van der Waals surface area contributed by atoms with E-state index in [9.17, 15) is 8.42 Å². The molecule has 0 amide bonds. The zero-order chi connectivity index (χ0) is 23.3. The van der Waals surface area contributed by atoms with E-state index >= 15 is 0 Å². The molecule has 8 atom stereocenters. The molecule has 0 saturated carbocycles. The van der Waals surface area contributed by atoms with Crippen LogP contribution in [0.5, 0.6) is 0 Å². The summed E-state index contributed by atoms with van der Waals surface area (Å²) in [6.45, 7) is 5.63. The minimum Gasteiger partial charge on any atom is -0.394 e. The standard InChI is InChI=1S/C15H22O4S2.C5H10O5/c1-5-13-11(3)14(15(18-4)20-13)19-21(16,17)12-8-6-10(2)7-9-12;6-1-2-3(7)4(8)5(9)10-2/h6-9,11,13-15H,5H2,1-4H3;2-9H,1H2/t11-,13+,14+,15?;2-,3+,4-,5?/m01/s1. The molecule has 11 heteroatoms. The lowest BCUT2D eigenvalue weighted by atomic mass is 10.00. The monoisotopic (exact) mass is 480 g/mol. The van der Waals surface area contributed by atoms with E-state index in [2.05, 4.69) is 11.7 Å². The number of hydrogen-bond donors (Lipinski definition) is 4. The fourth-order valence-corrected chi connectivity index (χ4v) is 6.14. The highest BCUT2D eigenvalue weighted by Crippen LogP contribution is 2.43. The normalized spacial score (nSPS) is 35.6. The van der Waals surface area contributed by atoms with Crippen molar-refractivity contribution in [2.45, 2.75) is 73.5 Å². The molecule has 0 bridgehead atoms. The molecule has 0 radical (unpaired) electrons. The van der Waals surface area contributed by atoms with Gasteiger partial charge in [-0.15, -0.1) is 11.8 Å². The fraction of sp³-hybridized carbons (Fsp3) is 0.700. The molecule has 2 fully saturated rings. The molecule has 2 unspecified atom stereocenters. The van der Waals surface area contributed by atoms with Crippen molar-refractivity contribution in [3.05, 3.63) is 29.8 Å². The van der Waals surface area contributed by atoms with Gasteiger partial charge in [-0.05, 0) is 31.4 Å². The average molecular weight is 481 g/mol. The molecule has 1 aromatic rings. The van der Waals surface area contributed by atoms with Gasteiger partial charge < -0.3 is 29.9 Å². The predicted molar refractivity (Wildman–Crippen MR) is 115 cm³/mol. The molecule has 4 N–H and O–H groups in total. The molecule has 178 valence electrons. The second-order valence-electron chi connectivity index (χ2n) is 7.60. The largest absolute Gasteiger partial charge is 0.394 e. The summed E-state index contributed by atoms with van der Waals surface area (Å²) in [5.74, 6) is 0.130. The van der Waals surface area contributed by atoms with E-state index in [1.807, 2.05) is 13.8 Å². The molecule has 0 aromatic heterocycles. The first-order valence-electron chi connectivity index (χ1n) is 10.0. The highest BCUT2D eigenvalue weighted by atomic mass is 32.2. The highest BCUT2D eigenvalue weighted by molar-refractivity contribution is 8.00. The van der Waals surface area contributed by atoms with Gasteiger partial charge in [0.05, 0.1) is 11.5 Å². The molecule has 2 aliphatic rings. The van der Waals surface area contributed by atoms with E-state index in [4.69, 9.17) is 29.3 Å². The number of aliphatic hydroxyl groups excluding tert-OH is 4. The Hall–Kier alpha value is -0.760. The summed E-state index contributed by atoms with van der Waals surface area (Å²) in [6, 6.07) is 6.70. The lowest BCUT2D eigenvalue weighted by Crippen LogP contribution is -2.33. The number of aliphatic hydroxyl groups is 4. The van der Waals surface area contributed by atoms with E-state index in [0.717, 1.165) is 12.0 Å². The van der Waals surface area contributed by atoms with Crippen LogP contribution in [-0.4, -0.2) is 84.0 Å². The topological polar surface area (TPSA) is 143 Å². The summed E-state index contributed by atoms with van der Waals surface area (Å²) in [7, 11) is -2.17. The predicted octanol–water partition coefficient (Wildman–Crippen LogP) is 0.621. The molecule has 2 saturated heterocycles. The third kappa shape index (κ3) is 6.40. The summed E-state index contributed by atoms with van der Waals surface area (Å²) in [5, 5.41) is 35.3. The second-order valence-corrected chi connectivity index (χ2v) is 10.5. The Labute approximate surface area is 187 Å². The van der Waals surface area contributed by atoms with E-state index in [1.165, 1.54) is 0 Å². The van der Waals surface area contributed by atoms with E-state index in [1.54, 1.807) is 43.1 Å². The first-order valence-corrected chi connectivity index (χ1v) is 12.4. The van der Waals surface area contributed by atoms with Gasteiger partial charge in [0.25, 0.3) is 10.1 Å². The van der Waals surface area contributed by atoms with E-state index in [0.29, 0.717) is 5.25 Å². The van der Waals surface area contributed by atoms with Crippen LogP contribution in [-0.2, 0) is 23.8 Å². The molecular weight excluding hydrogens is 448 g/mol. The van der Waals surface area contributed by atoms with Crippen LogP contribution in [0, 0.1) is 12.8 Å². The number of methoxy groups -OCH3 is 1. The number of benzene rings is 1. The third-order valence-corrected chi connectivity index (χ3v) is 8.55.